The van der Waals surface area contributed by atoms with Gasteiger partial charge in [0.1, 0.15) is 17.3 Å². The standard InChI is InChI=1S/C13H15FN4O2/c1-2-18-11(15)10(12(19)17-13(18)20)16-7-8-5-3-4-6-9(8)14/h3-6,16H,2,7,15H2,1H3,(H,17,19,20). The van der Waals surface area contributed by atoms with Gasteiger partial charge >= 0.3 is 5.69 Å². The number of hydrogen-bond acceptors (Lipinski definition) is 4. The van der Waals surface area contributed by atoms with Crippen LogP contribution in [0.2, 0.25) is 0 Å². The van der Waals surface area contributed by atoms with Crippen LogP contribution in [0.25, 0.3) is 0 Å². The normalized spacial score (nSPS) is 10.5. The van der Waals surface area contributed by atoms with E-state index in [0.717, 1.165) is 0 Å². The Balaban J connectivity index is 2.33. The zero-order valence-electron chi connectivity index (χ0n) is 10.9. The first-order valence-corrected chi connectivity index (χ1v) is 6.14. The Morgan fingerprint density at radius 1 is 1.35 bits per heavy atom. The Bertz CT molecular complexity index is 736. The molecule has 1 heterocycles. The molecular formula is C13H15FN4O2. The Morgan fingerprint density at radius 3 is 2.70 bits per heavy atom. The molecule has 1 aromatic heterocycles. The number of aromatic amines is 1. The molecule has 2 rings (SSSR count). The minimum absolute atomic E-state index is 0.0394. The molecule has 0 aliphatic heterocycles. The first-order valence-electron chi connectivity index (χ1n) is 6.14. The average Bonchev–Trinajstić information content (AvgIpc) is 2.40. The van der Waals surface area contributed by atoms with Gasteiger partial charge in [-0.25, -0.2) is 9.18 Å². The Labute approximate surface area is 114 Å². The molecule has 20 heavy (non-hydrogen) atoms. The fourth-order valence-corrected chi connectivity index (χ4v) is 1.90. The average molecular weight is 278 g/mol. The van der Waals surface area contributed by atoms with Crippen LogP contribution < -0.4 is 22.3 Å². The third-order valence-electron chi connectivity index (χ3n) is 2.97. The highest BCUT2D eigenvalue weighted by Gasteiger charge is 2.11. The zero-order chi connectivity index (χ0) is 14.7. The zero-order valence-corrected chi connectivity index (χ0v) is 10.9. The number of nitrogens with zero attached hydrogens (tertiary/aromatic N) is 1. The number of aromatic nitrogens is 2. The first-order chi connectivity index (χ1) is 9.54. The smallest absolute Gasteiger partial charge is 0.330 e. The van der Waals surface area contributed by atoms with Gasteiger partial charge in [-0.05, 0) is 13.0 Å². The number of nitrogens with two attached hydrogens (primary N) is 1. The van der Waals surface area contributed by atoms with Crippen LogP contribution in [0.4, 0.5) is 15.9 Å². The van der Waals surface area contributed by atoms with Crippen molar-refractivity contribution in [2.75, 3.05) is 11.1 Å². The molecule has 0 atom stereocenters. The number of nitrogen functional groups attached to an aromatic ring is 1. The summed E-state index contributed by atoms with van der Waals surface area (Å²) in [6.45, 7) is 2.16. The van der Waals surface area contributed by atoms with Crippen molar-refractivity contribution in [1.29, 1.82) is 0 Å². The van der Waals surface area contributed by atoms with Crippen molar-refractivity contribution in [2.45, 2.75) is 20.0 Å². The van der Waals surface area contributed by atoms with Crippen LogP contribution >= 0.6 is 0 Å². The maximum Gasteiger partial charge on any atom is 0.330 e. The highest BCUT2D eigenvalue weighted by molar-refractivity contribution is 5.60. The van der Waals surface area contributed by atoms with Crippen LogP contribution in [0.3, 0.4) is 0 Å². The topological polar surface area (TPSA) is 92.9 Å². The maximum absolute atomic E-state index is 13.5. The van der Waals surface area contributed by atoms with Gasteiger partial charge in [0.2, 0.25) is 0 Å². The molecule has 7 heteroatoms. The second-order valence-corrected chi connectivity index (χ2v) is 4.21. The van der Waals surface area contributed by atoms with Crippen LogP contribution in [-0.2, 0) is 13.1 Å². The van der Waals surface area contributed by atoms with E-state index in [2.05, 4.69) is 10.3 Å². The van der Waals surface area contributed by atoms with Gasteiger partial charge in [0.05, 0.1) is 0 Å². The third kappa shape index (κ3) is 2.56. The Hall–Kier alpha value is -2.57. The van der Waals surface area contributed by atoms with Crippen LogP contribution in [-0.4, -0.2) is 9.55 Å². The molecule has 0 radical (unpaired) electrons. The van der Waals surface area contributed by atoms with E-state index in [1.165, 1.54) is 10.6 Å². The number of hydrogen-bond donors (Lipinski definition) is 3. The van der Waals surface area contributed by atoms with E-state index in [4.69, 9.17) is 5.73 Å². The number of rotatable bonds is 4. The summed E-state index contributed by atoms with van der Waals surface area (Å²) in [7, 11) is 0. The molecule has 0 saturated carbocycles. The van der Waals surface area contributed by atoms with Gasteiger partial charge in [0.25, 0.3) is 5.56 Å². The SMILES string of the molecule is CCn1c(N)c(NCc2ccccc2F)c(=O)[nH]c1=O. The maximum atomic E-state index is 13.5. The van der Waals surface area contributed by atoms with Crippen LogP contribution in [0.15, 0.2) is 33.9 Å². The molecule has 0 aliphatic carbocycles. The van der Waals surface area contributed by atoms with E-state index in [0.29, 0.717) is 12.1 Å². The van der Waals surface area contributed by atoms with Gasteiger partial charge < -0.3 is 11.1 Å². The summed E-state index contributed by atoms with van der Waals surface area (Å²) in [6, 6.07) is 6.21. The second kappa shape index (κ2) is 5.60. The summed E-state index contributed by atoms with van der Waals surface area (Å²) in [6.07, 6.45) is 0. The van der Waals surface area contributed by atoms with Crippen LogP contribution in [0, 0.1) is 5.82 Å². The summed E-state index contributed by atoms with van der Waals surface area (Å²) >= 11 is 0. The van der Waals surface area contributed by atoms with E-state index in [1.54, 1.807) is 25.1 Å². The van der Waals surface area contributed by atoms with Gasteiger partial charge in [-0.15, -0.1) is 0 Å². The Morgan fingerprint density at radius 2 is 2.05 bits per heavy atom. The minimum atomic E-state index is -0.617. The predicted molar refractivity (Wildman–Crippen MR) is 75.1 cm³/mol. The molecule has 4 N–H and O–H groups in total. The molecule has 2 aromatic rings. The van der Waals surface area contributed by atoms with E-state index in [9.17, 15) is 14.0 Å². The summed E-state index contributed by atoms with van der Waals surface area (Å²) in [4.78, 5) is 25.4. The lowest BCUT2D eigenvalue weighted by atomic mass is 10.2. The van der Waals surface area contributed by atoms with Gasteiger partial charge in [-0.1, -0.05) is 18.2 Å². The van der Waals surface area contributed by atoms with E-state index in [-0.39, 0.29) is 23.9 Å². The molecule has 0 unspecified atom stereocenters. The molecule has 6 nitrogen and oxygen atoms in total. The van der Waals surface area contributed by atoms with Crippen molar-refractivity contribution < 1.29 is 4.39 Å². The van der Waals surface area contributed by atoms with Crippen molar-refractivity contribution in [1.82, 2.24) is 9.55 Å². The fraction of sp³-hybridized carbons (Fsp3) is 0.231. The lowest BCUT2D eigenvalue weighted by molar-refractivity contribution is 0.612. The largest absolute Gasteiger partial charge is 0.383 e. The molecule has 0 fully saturated rings. The van der Waals surface area contributed by atoms with E-state index >= 15 is 0 Å². The number of halogens is 1. The van der Waals surface area contributed by atoms with Crippen LogP contribution in [0.5, 0.6) is 0 Å². The third-order valence-corrected chi connectivity index (χ3v) is 2.97. The van der Waals surface area contributed by atoms with Gasteiger partial charge in [0.15, 0.2) is 0 Å². The van der Waals surface area contributed by atoms with Crippen molar-refractivity contribution in [3.8, 4) is 0 Å². The highest BCUT2D eigenvalue weighted by Crippen LogP contribution is 2.13. The predicted octanol–water partition coefficient (Wildman–Crippen LogP) is 0.890. The second-order valence-electron chi connectivity index (χ2n) is 4.21. The molecule has 0 bridgehead atoms. The first kappa shape index (κ1) is 13.9. The van der Waals surface area contributed by atoms with Crippen molar-refractivity contribution in [2.24, 2.45) is 0 Å². The molecule has 0 spiro atoms. The molecule has 106 valence electrons. The quantitative estimate of drug-likeness (QED) is 0.774. The molecule has 1 aromatic carbocycles. The lowest BCUT2D eigenvalue weighted by Gasteiger charge is -2.12. The summed E-state index contributed by atoms with van der Waals surface area (Å²) in [5.41, 5.74) is 5.07. The number of benzene rings is 1. The van der Waals surface area contributed by atoms with E-state index in [1.807, 2.05) is 0 Å². The van der Waals surface area contributed by atoms with Crippen molar-refractivity contribution in [3.05, 3.63) is 56.5 Å². The summed E-state index contributed by atoms with van der Waals surface area (Å²) in [5, 5.41) is 2.77. The highest BCUT2D eigenvalue weighted by atomic mass is 19.1. The van der Waals surface area contributed by atoms with E-state index < -0.39 is 11.2 Å². The number of H-pyrrole nitrogens is 1. The fourth-order valence-electron chi connectivity index (χ4n) is 1.90. The molecule has 0 aliphatic rings. The summed E-state index contributed by atoms with van der Waals surface area (Å²) < 4.78 is 14.7. The number of nitrogens with one attached hydrogen (secondary N) is 2. The summed E-state index contributed by atoms with van der Waals surface area (Å²) in [5.74, 6) is -0.337. The minimum Gasteiger partial charge on any atom is -0.383 e. The lowest BCUT2D eigenvalue weighted by Crippen LogP contribution is -2.33. The molecular weight excluding hydrogens is 263 g/mol. The van der Waals surface area contributed by atoms with Gasteiger partial charge in [-0.3, -0.25) is 14.3 Å². The number of anilines is 2. The van der Waals surface area contributed by atoms with Crippen LogP contribution in [0.1, 0.15) is 12.5 Å². The monoisotopic (exact) mass is 278 g/mol. The Kier molecular flexibility index (Phi) is 3.88. The van der Waals surface area contributed by atoms with Gasteiger partial charge in [-0.2, -0.15) is 0 Å². The van der Waals surface area contributed by atoms with Gasteiger partial charge in [0, 0.05) is 18.7 Å². The molecule has 0 amide bonds. The molecule has 0 saturated heterocycles. The van der Waals surface area contributed by atoms with Crippen molar-refractivity contribution in [3.63, 3.8) is 0 Å². The van der Waals surface area contributed by atoms with Crippen molar-refractivity contribution >= 4 is 11.5 Å².